The van der Waals surface area contributed by atoms with Gasteiger partial charge in [0.1, 0.15) is 0 Å². The summed E-state index contributed by atoms with van der Waals surface area (Å²) in [6.07, 6.45) is 3.51. The molecule has 1 heterocycles. The SMILES string of the molecule is CCCN1c2ccccc2N=C(c2ccccc2)c2cc3c(cc21)C(C)(C)CCC3(C)C. The van der Waals surface area contributed by atoms with Gasteiger partial charge in [0.15, 0.2) is 0 Å². The van der Waals surface area contributed by atoms with E-state index in [9.17, 15) is 0 Å². The van der Waals surface area contributed by atoms with Crippen LogP contribution in [0.5, 0.6) is 0 Å². The van der Waals surface area contributed by atoms with E-state index in [1.54, 1.807) is 0 Å². The second-order valence-corrected chi connectivity index (χ2v) is 10.6. The van der Waals surface area contributed by atoms with E-state index in [4.69, 9.17) is 4.99 Å². The normalized spacial score (nSPS) is 18.2. The van der Waals surface area contributed by atoms with Gasteiger partial charge in [-0.05, 0) is 65.5 Å². The van der Waals surface area contributed by atoms with Gasteiger partial charge in [-0.1, -0.05) is 77.1 Å². The molecule has 0 atom stereocenters. The number of nitrogens with zero attached hydrogens (tertiary/aromatic N) is 2. The average Bonchev–Trinajstić information content (AvgIpc) is 2.92. The fraction of sp³-hybridized carbons (Fsp3) is 0.367. The van der Waals surface area contributed by atoms with Crippen molar-refractivity contribution in [2.75, 3.05) is 11.4 Å². The fourth-order valence-electron chi connectivity index (χ4n) is 5.39. The highest BCUT2D eigenvalue weighted by Crippen LogP contribution is 2.50. The van der Waals surface area contributed by atoms with Crippen LogP contribution in [0.3, 0.4) is 0 Å². The maximum absolute atomic E-state index is 5.29. The molecule has 0 fully saturated rings. The molecular weight excluding hydrogens is 388 g/mol. The van der Waals surface area contributed by atoms with Gasteiger partial charge in [-0.15, -0.1) is 0 Å². The number of hydrogen-bond donors (Lipinski definition) is 0. The van der Waals surface area contributed by atoms with Gasteiger partial charge in [0, 0.05) is 17.7 Å². The van der Waals surface area contributed by atoms with Gasteiger partial charge < -0.3 is 4.90 Å². The highest BCUT2D eigenvalue weighted by atomic mass is 15.2. The van der Waals surface area contributed by atoms with Crippen molar-refractivity contribution in [1.29, 1.82) is 0 Å². The van der Waals surface area contributed by atoms with Crippen molar-refractivity contribution in [3.8, 4) is 0 Å². The first-order valence-electron chi connectivity index (χ1n) is 12.0. The minimum Gasteiger partial charge on any atom is -0.339 e. The summed E-state index contributed by atoms with van der Waals surface area (Å²) >= 11 is 0. The highest BCUT2D eigenvalue weighted by molar-refractivity contribution is 6.19. The molecule has 0 saturated carbocycles. The smallest absolute Gasteiger partial charge is 0.0874 e. The van der Waals surface area contributed by atoms with Gasteiger partial charge in [-0.3, -0.25) is 0 Å². The van der Waals surface area contributed by atoms with Crippen LogP contribution in [0.2, 0.25) is 0 Å². The second kappa shape index (κ2) is 7.62. The number of para-hydroxylation sites is 2. The molecule has 1 aliphatic carbocycles. The minimum absolute atomic E-state index is 0.163. The Morgan fingerprint density at radius 1 is 0.781 bits per heavy atom. The van der Waals surface area contributed by atoms with Crippen LogP contribution in [0.1, 0.15) is 76.1 Å². The van der Waals surface area contributed by atoms with Crippen LogP contribution in [-0.4, -0.2) is 12.3 Å². The van der Waals surface area contributed by atoms with Gasteiger partial charge in [0.2, 0.25) is 0 Å². The first-order chi connectivity index (χ1) is 15.3. The zero-order chi connectivity index (χ0) is 22.5. The molecule has 2 nitrogen and oxygen atoms in total. The first kappa shape index (κ1) is 21.0. The number of anilines is 2. The van der Waals surface area contributed by atoms with Gasteiger partial charge in [-0.25, -0.2) is 4.99 Å². The van der Waals surface area contributed by atoms with Crippen molar-refractivity contribution < 1.29 is 0 Å². The Kier molecular flexibility index (Phi) is 5.00. The summed E-state index contributed by atoms with van der Waals surface area (Å²) in [7, 11) is 0. The lowest BCUT2D eigenvalue weighted by Gasteiger charge is -2.43. The van der Waals surface area contributed by atoms with Crippen LogP contribution < -0.4 is 4.90 Å². The maximum atomic E-state index is 5.29. The number of rotatable bonds is 3. The summed E-state index contributed by atoms with van der Waals surface area (Å²) < 4.78 is 0. The molecule has 32 heavy (non-hydrogen) atoms. The Hall–Kier alpha value is -2.87. The predicted molar refractivity (Wildman–Crippen MR) is 137 cm³/mol. The van der Waals surface area contributed by atoms with Crippen molar-refractivity contribution in [3.63, 3.8) is 0 Å². The van der Waals surface area contributed by atoms with Crippen molar-refractivity contribution in [3.05, 3.63) is 89.0 Å². The van der Waals surface area contributed by atoms with Gasteiger partial charge in [0.25, 0.3) is 0 Å². The molecule has 2 heteroatoms. The Labute approximate surface area is 193 Å². The number of aliphatic imine (C=N–C) groups is 1. The Bertz CT molecular complexity index is 1180. The monoisotopic (exact) mass is 422 g/mol. The molecule has 164 valence electrons. The standard InChI is InChI=1S/C30H34N2/c1-6-18-32-26-15-11-10-14-25(26)31-28(21-12-8-7-9-13-21)22-19-23-24(20-27(22)32)30(4,5)17-16-29(23,2)3/h7-15,19-20H,6,16-18H2,1-5H3. The number of hydrogen-bond acceptors (Lipinski definition) is 2. The molecule has 5 rings (SSSR count). The van der Waals surface area contributed by atoms with Crippen molar-refractivity contribution in [2.45, 2.75) is 64.7 Å². The second-order valence-electron chi connectivity index (χ2n) is 10.6. The number of fused-ring (bicyclic) bond motifs is 3. The largest absolute Gasteiger partial charge is 0.339 e. The molecule has 0 N–H and O–H groups in total. The molecule has 0 spiro atoms. The summed E-state index contributed by atoms with van der Waals surface area (Å²) in [6, 6.07) is 24.3. The van der Waals surface area contributed by atoms with Gasteiger partial charge in [0.05, 0.1) is 22.8 Å². The molecule has 0 amide bonds. The van der Waals surface area contributed by atoms with Crippen LogP contribution in [0.25, 0.3) is 0 Å². The van der Waals surface area contributed by atoms with E-state index in [0.717, 1.165) is 24.4 Å². The zero-order valence-corrected chi connectivity index (χ0v) is 20.1. The topological polar surface area (TPSA) is 15.6 Å². The molecule has 0 bridgehead atoms. The molecular formula is C30H34N2. The van der Waals surface area contributed by atoms with Crippen molar-refractivity contribution >= 4 is 22.8 Å². The Balaban J connectivity index is 1.87. The van der Waals surface area contributed by atoms with E-state index < -0.39 is 0 Å². The molecule has 0 aromatic heterocycles. The highest BCUT2D eigenvalue weighted by Gasteiger charge is 2.39. The van der Waals surface area contributed by atoms with Crippen LogP contribution in [0, 0.1) is 0 Å². The summed E-state index contributed by atoms with van der Waals surface area (Å²) in [5, 5.41) is 0. The maximum Gasteiger partial charge on any atom is 0.0874 e. The quantitative estimate of drug-likeness (QED) is 0.417. The lowest BCUT2D eigenvalue weighted by molar-refractivity contribution is 0.332. The summed E-state index contributed by atoms with van der Waals surface area (Å²) in [6.45, 7) is 12.9. The van der Waals surface area contributed by atoms with Crippen LogP contribution in [0.15, 0.2) is 71.7 Å². The van der Waals surface area contributed by atoms with E-state index >= 15 is 0 Å². The lowest BCUT2D eigenvalue weighted by atomic mass is 9.62. The third kappa shape index (κ3) is 3.37. The fourth-order valence-corrected chi connectivity index (χ4v) is 5.39. The van der Waals surface area contributed by atoms with E-state index in [-0.39, 0.29) is 10.8 Å². The van der Waals surface area contributed by atoms with Crippen LogP contribution in [0.4, 0.5) is 17.1 Å². The number of benzene rings is 3. The molecule has 3 aromatic rings. The predicted octanol–water partition coefficient (Wildman–Crippen LogP) is 8.07. The minimum atomic E-state index is 0.163. The zero-order valence-electron chi connectivity index (χ0n) is 20.1. The molecule has 2 aliphatic rings. The lowest BCUT2D eigenvalue weighted by Crippen LogP contribution is -2.35. The molecule has 1 aliphatic heterocycles. The third-order valence-corrected chi connectivity index (χ3v) is 7.41. The average molecular weight is 423 g/mol. The van der Waals surface area contributed by atoms with Crippen LogP contribution in [-0.2, 0) is 10.8 Å². The molecule has 3 aromatic carbocycles. The van der Waals surface area contributed by atoms with Crippen LogP contribution >= 0.6 is 0 Å². The Morgan fingerprint density at radius 3 is 2.09 bits per heavy atom. The molecule has 0 radical (unpaired) electrons. The van der Waals surface area contributed by atoms with Gasteiger partial charge in [-0.2, -0.15) is 0 Å². The molecule has 0 saturated heterocycles. The van der Waals surface area contributed by atoms with Crippen molar-refractivity contribution in [1.82, 2.24) is 0 Å². The summed E-state index contributed by atoms with van der Waals surface area (Å²) in [5.74, 6) is 0. The van der Waals surface area contributed by atoms with Crippen molar-refractivity contribution in [2.24, 2.45) is 4.99 Å². The van der Waals surface area contributed by atoms with E-state index in [1.165, 1.54) is 46.5 Å². The molecule has 0 unspecified atom stereocenters. The summed E-state index contributed by atoms with van der Waals surface area (Å²) in [5.41, 5.74) is 10.4. The Morgan fingerprint density at radius 2 is 1.41 bits per heavy atom. The first-order valence-corrected chi connectivity index (χ1v) is 12.0. The van der Waals surface area contributed by atoms with E-state index in [1.807, 2.05) is 0 Å². The van der Waals surface area contributed by atoms with E-state index in [0.29, 0.717) is 0 Å². The third-order valence-electron chi connectivity index (χ3n) is 7.41. The van der Waals surface area contributed by atoms with E-state index in [2.05, 4.69) is 106 Å². The summed E-state index contributed by atoms with van der Waals surface area (Å²) in [4.78, 5) is 7.79. The van der Waals surface area contributed by atoms with Gasteiger partial charge >= 0.3 is 0 Å².